The number of fused-ring (bicyclic) bond motifs is 1. The molecule has 1 aliphatic heterocycles. The first-order chi connectivity index (χ1) is 11.8. The summed E-state index contributed by atoms with van der Waals surface area (Å²) >= 11 is 0. The van der Waals surface area contributed by atoms with E-state index < -0.39 is 0 Å². The monoisotopic (exact) mass is 323 g/mol. The second kappa shape index (κ2) is 6.57. The van der Waals surface area contributed by atoms with Gasteiger partial charge in [-0.3, -0.25) is 9.69 Å². The van der Waals surface area contributed by atoms with Gasteiger partial charge in [-0.05, 0) is 30.2 Å². The molecular formula is C20H25N3O. The molecule has 0 radical (unpaired) electrons. The molecule has 1 amide bonds. The smallest absolute Gasteiger partial charge is 0.226 e. The molecular weight excluding hydrogens is 298 g/mol. The van der Waals surface area contributed by atoms with Crippen LogP contribution < -0.4 is 0 Å². The second-order valence-electron chi connectivity index (χ2n) is 7.52. The summed E-state index contributed by atoms with van der Waals surface area (Å²) in [5.74, 6) is 1.89. The maximum Gasteiger partial charge on any atom is 0.226 e. The van der Waals surface area contributed by atoms with Crippen LogP contribution in [0.1, 0.15) is 31.2 Å². The Kier molecular flexibility index (Phi) is 4.28. The summed E-state index contributed by atoms with van der Waals surface area (Å²) in [4.78, 5) is 17.0. The first-order valence-electron chi connectivity index (χ1n) is 9.24. The van der Waals surface area contributed by atoms with Crippen molar-refractivity contribution in [3.63, 3.8) is 0 Å². The van der Waals surface area contributed by atoms with Crippen molar-refractivity contribution in [2.45, 2.75) is 38.3 Å². The zero-order chi connectivity index (χ0) is 16.5. The first kappa shape index (κ1) is 15.7. The van der Waals surface area contributed by atoms with Crippen LogP contribution in [0.15, 0.2) is 30.3 Å². The van der Waals surface area contributed by atoms with Gasteiger partial charge in [0.25, 0.3) is 0 Å². The summed E-state index contributed by atoms with van der Waals surface area (Å²) in [5.41, 5.74) is 1.23. The summed E-state index contributed by atoms with van der Waals surface area (Å²) < 4.78 is 0. The fourth-order valence-corrected chi connectivity index (χ4v) is 4.72. The topological polar surface area (TPSA) is 47.3 Å². The van der Waals surface area contributed by atoms with Gasteiger partial charge in [-0.25, -0.2) is 0 Å². The number of rotatable bonds is 3. The number of nitrogens with zero attached hydrogens (tertiary/aromatic N) is 3. The van der Waals surface area contributed by atoms with Crippen LogP contribution in [0.3, 0.4) is 0 Å². The maximum atomic E-state index is 12.9. The Morgan fingerprint density at radius 1 is 1.12 bits per heavy atom. The van der Waals surface area contributed by atoms with E-state index in [2.05, 4.69) is 23.1 Å². The highest BCUT2D eigenvalue weighted by Crippen LogP contribution is 2.56. The number of carbonyl (C=O) groups excluding carboxylic acids is 1. The summed E-state index contributed by atoms with van der Waals surface area (Å²) in [6.45, 7) is 2.91. The zero-order valence-electron chi connectivity index (χ0n) is 14.1. The van der Waals surface area contributed by atoms with Gasteiger partial charge in [0, 0.05) is 32.1 Å². The van der Waals surface area contributed by atoms with E-state index in [-0.39, 0.29) is 12.0 Å². The second-order valence-corrected chi connectivity index (χ2v) is 7.52. The highest BCUT2D eigenvalue weighted by Gasteiger charge is 2.56. The van der Waals surface area contributed by atoms with Crippen LogP contribution in [-0.2, 0) is 11.3 Å². The lowest BCUT2D eigenvalue weighted by Crippen LogP contribution is -2.54. The zero-order valence-corrected chi connectivity index (χ0v) is 14.1. The first-order valence-corrected chi connectivity index (χ1v) is 9.24. The number of nitriles is 1. The predicted octanol–water partition coefficient (Wildman–Crippen LogP) is 2.66. The minimum Gasteiger partial charge on any atom is -0.339 e. The van der Waals surface area contributed by atoms with Gasteiger partial charge in [-0.15, -0.1) is 0 Å². The maximum absolute atomic E-state index is 12.9. The minimum absolute atomic E-state index is 0.191. The molecule has 4 heteroatoms. The van der Waals surface area contributed by atoms with E-state index in [1.807, 2.05) is 23.1 Å². The number of carbonyl (C=O) groups is 1. The van der Waals surface area contributed by atoms with Crippen molar-refractivity contribution in [2.24, 2.45) is 17.8 Å². The predicted molar refractivity (Wildman–Crippen MR) is 91.8 cm³/mol. The Labute approximate surface area is 144 Å². The normalized spacial score (nSPS) is 32.7. The van der Waals surface area contributed by atoms with E-state index in [4.69, 9.17) is 0 Å². The van der Waals surface area contributed by atoms with Crippen LogP contribution in [0.5, 0.6) is 0 Å². The van der Waals surface area contributed by atoms with Gasteiger partial charge in [0.2, 0.25) is 5.91 Å². The largest absolute Gasteiger partial charge is 0.339 e. The molecule has 1 aromatic rings. The minimum atomic E-state index is -0.191. The summed E-state index contributed by atoms with van der Waals surface area (Å²) in [6.07, 6.45) is 5.04. The SMILES string of the molecule is N#C[C@@H]1CN(C(=O)C2[C@H]3CCCC[C@H]23)CCN1Cc1ccccc1. The highest BCUT2D eigenvalue weighted by molar-refractivity contribution is 5.82. The van der Waals surface area contributed by atoms with Gasteiger partial charge < -0.3 is 4.90 Å². The molecule has 126 valence electrons. The third-order valence-corrected chi connectivity index (χ3v) is 6.12. The number of hydrogen-bond acceptors (Lipinski definition) is 3. The van der Waals surface area contributed by atoms with Gasteiger partial charge in [0.15, 0.2) is 0 Å². The molecule has 24 heavy (non-hydrogen) atoms. The van der Waals surface area contributed by atoms with E-state index in [0.29, 0.717) is 24.3 Å². The quantitative estimate of drug-likeness (QED) is 0.859. The lowest BCUT2D eigenvalue weighted by Gasteiger charge is -2.38. The highest BCUT2D eigenvalue weighted by atomic mass is 16.2. The average Bonchev–Trinajstić information content (AvgIpc) is 3.36. The molecule has 1 saturated heterocycles. The Balaban J connectivity index is 1.37. The Morgan fingerprint density at radius 2 is 1.83 bits per heavy atom. The van der Waals surface area contributed by atoms with Crippen LogP contribution in [0, 0.1) is 29.1 Å². The lowest BCUT2D eigenvalue weighted by atomic mass is 10.0. The van der Waals surface area contributed by atoms with E-state index >= 15 is 0 Å². The van der Waals surface area contributed by atoms with Crippen molar-refractivity contribution in [1.29, 1.82) is 5.26 Å². The number of hydrogen-bond donors (Lipinski definition) is 0. The molecule has 4 rings (SSSR count). The third-order valence-electron chi connectivity index (χ3n) is 6.12. The van der Waals surface area contributed by atoms with Crippen LogP contribution >= 0.6 is 0 Å². The lowest BCUT2D eigenvalue weighted by molar-refractivity contribution is -0.135. The van der Waals surface area contributed by atoms with E-state index in [9.17, 15) is 10.1 Å². The molecule has 0 spiro atoms. The summed E-state index contributed by atoms with van der Waals surface area (Å²) in [6, 6.07) is 12.5. The van der Waals surface area contributed by atoms with Crippen LogP contribution in [0.2, 0.25) is 0 Å². The number of benzene rings is 1. The molecule has 3 atom stereocenters. The molecule has 0 N–H and O–H groups in total. The van der Waals surface area contributed by atoms with Crippen molar-refractivity contribution in [3.8, 4) is 6.07 Å². The van der Waals surface area contributed by atoms with Crippen molar-refractivity contribution < 1.29 is 4.79 Å². The third kappa shape index (κ3) is 2.93. The van der Waals surface area contributed by atoms with E-state index in [1.165, 1.54) is 31.2 Å². The summed E-state index contributed by atoms with van der Waals surface area (Å²) in [5, 5.41) is 9.57. The number of piperazine rings is 1. The molecule has 2 saturated carbocycles. The van der Waals surface area contributed by atoms with Gasteiger partial charge in [-0.2, -0.15) is 5.26 Å². The molecule has 0 aromatic heterocycles. The van der Waals surface area contributed by atoms with Crippen LogP contribution in [-0.4, -0.2) is 41.4 Å². The van der Waals surface area contributed by atoms with Crippen molar-refractivity contribution in [3.05, 3.63) is 35.9 Å². The summed E-state index contributed by atoms with van der Waals surface area (Å²) in [7, 11) is 0. The standard InChI is InChI=1S/C20H25N3O/c21-12-16-14-23(20(24)19-17-8-4-5-9-18(17)19)11-10-22(16)13-15-6-2-1-3-7-15/h1-3,6-7,16-19H,4-5,8-11,13-14H2/t16-,17+,18+/m1/s1. The molecule has 4 nitrogen and oxygen atoms in total. The average molecular weight is 323 g/mol. The molecule has 2 aliphatic carbocycles. The van der Waals surface area contributed by atoms with Crippen LogP contribution in [0.25, 0.3) is 0 Å². The van der Waals surface area contributed by atoms with E-state index in [1.54, 1.807) is 0 Å². The Morgan fingerprint density at radius 3 is 2.50 bits per heavy atom. The molecule has 3 aliphatic rings. The molecule has 0 unspecified atom stereocenters. The molecule has 1 heterocycles. The molecule has 1 aromatic carbocycles. The van der Waals surface area contributed by atoms with Gasteiger partial charge in [0.05, 0.1) is 6.07 Å². The van der Waals surface area contributed by atoms with Gasteiger partial charge in [0.1, 0.15) is 6.04 Å². The fraction of sp³-hybridized carbons (Fsp3) is 0.600. The van der Waals surface area contributed by atoms with Crippen molar-refractivity contribution in [2.75, 3.05) is 19.6 Å². The van der Waals surface area contributed by atoms with Crippen molar-refractivity contribution in [1.82, 2.24) is 9.80 Å². The van der Waals surface area contributed by atoms with Crippen molar-refractivity contribution >= 4 is 5.91 Å². The van der Waals surface area contributed by atoms with E-state index in [0.717, 1.165) is 19.6 Å². The Hall–Kier alpha value is -1.86. The molecule has 0 bridgehead atoms. The Bertz CT molecular complexity index is 626. The van der Waals surface area contributed by atoms with Gasteiger partial charge >= 0.3 is 0 Å². The van der Waals surface area contributed by atoms with Gasteiger partial charge in [-0.1, -0.05) is 43.2 Å². The fourth-order valence-electron chi connectivity index (χ4n) is 4.72. The van der Waals surface area contributed by atoms with Crippen LogP contribution in [0.4, 0.5) is 0 Å². The number of amides is 1. The molecule has 3 fully saturated rings.